The first-order chi connectivity index (χ1) is 11.6. The standard InChI is InChI=1S/C17H21N3O4/c1-24-14-8-11-4-2-3-10(11)7-12(14)9-18-15(21)6-5-13-16(22)20-17(23)19-13/h7-8,13H,2-6,9H2,1H3,(H,18,21)(H2,19,20,22,23). The monoisotopic (exact) mass is 331 g/mol. The molecule has 0 bridgehead atoms. The number of ether oxygens (including phenoxy) is 1. The number of imide groups is 1. The minimum atomic E-state index is -0.627. The molecule has 1 fully saturated rings. The van der Waals surface area contributed by atoms with E-state index in [1.807, 2.05) is 0 Å². The minimum absolute atomic E-state index is 0.161. The molecular formula is C17H21N3O4. The van der Waals surface area contributed by atoms with E-state index in [1.54, 1.807) is 7.11 Å². The average Bonchev–Trinajstić information content (AvgIpc) is 3.14. The third-order valence-corrected chi connectivity index (χ3v) is 4.49. The zero-order valence-electron chi connectivity index (χ0n) is 13.6. The Morgan fingerprint density at radius 1 is 1.29 bits per heavy atom. The van der Waals surface area contributed by atoms with Gasteiger partial charge in [-0.15, -0.1) is 0 Å². The number of amides is 4. The van der Waals surface area contributed by atoms with Gasteiger partial charge in [0.05, 0.1) is 7.11 Å². The summed E-state index contributed by atoms with van der Waals surface area (Å²) in [6, 6.07) is 3.03. The molecule has 2 aliphatic rings. The van der Waals surface area contributed by atoms with Crippen LogP contribution in [0.15, 0.2) is 12.1 Å². The van der Waals surface area contributed by atoms with Crippen LogP contribution < -0.4 is 20.7 Å². The van der Waals surface area contributed by atoms with Crippen LogP contribution in [0.4, 0.5) is 4.79 Å². The highest BCUT2D eigenvalue weighted by molar-refractivity contribution is 6.04. The van der Waals surface area contributed by atoms with E-state index in [0.717, 1.165) is 30.6 Å². The van der Waals surface area contributed by atoms with Crippen LogP contribution >= 0.6 is 0 Å². The van der Waals surface area contributed by atoms with Crippen molar-refractivity contribution in [2.24, 2.45) is 0 Å². The molecule has 0 saturated carbocycles. The molecule has 1 saturated heterocycles. The Kier molecular flexibility index (Phi) is 4.69. The van der Waals surface area contributed by atoms with Crippen molar-refractivity contribution in [3.8, 4) is 5.75 Å². The van der Waals surface area contributed by atoms with E-state index in [0.29, 0.717) is 6.54 Å². The Balaban J connectivity index is 1.53. The van der Waals surface area contributed by atoms with Gasteiger partial charge in [-0.2, -0.15) is 0 Å². The first-order valence-electron chi connectivity index (χ1n) is 8.13. The Morgan fingerprint density at radius 2 is 2.04 bits per heavy atom. The molecule has 1 aliphatic heterocycles. The number of methoxy groups -OCH3 is 1. The van der Waals surface area contributed by atoms with Gasteiger partial charge in [-0.25, -0.2) is 4.79 Å². The molecule has 4 amide bonds. The predicted octanol–water partition coefficient (Wildman–Crippen LogP) is 0.788. The van der Waals surface area contributed by atoms with Crippen molar-refractivity contribution in [1.82, 2.24) is 16.0 Å². The van der Waals surface area contributed by atoms with E-state index in [1.165, 1.54) is 11.1 Å². The number of hydrogen-bond donors (Lipinski definition) is 3. The SMILES string of the molecule is COc1cc2c(cc1CNC(=O)CCC1NC(=O)NC1=O)CCC2. The lowest BCUT2D eigenvalue weighted by Crippen LogP contribution is -2.31. The summed E-state index contributed by atoms with van der Waals surface area (Å²) in [5.74, 6) is 0.248. The van der Waals surface area contributed by atoms with Crippen LogP contribution in [0, 0.1) is 0 Å². The van der Waals surface area contributed by atoms with Gasteiger partial charge in [0.2, 0.25) is 5.91 Å². The van der Waals surface area contributed by atoms with E-state index >= 15 is 0 Å². The van der Waals surface area contributed by atoms with Gasteiger partial charge in [0.15, 0.2) is 0 Å². The second-order valence-corrected chi connectivity index (χ2v) is 6.12. The van der Waals surface area contributed by atoms with E-state index in [2.05, 4.69) is 28.1 Å². The summed E-state index contributed by atoms with van der Waals surface area (Å²) in [6.45, 7) is 0.387. The number of rotatable bonds is 6. The zero-order chi connectivity index (χ0) is 17.1. The van der Waals surface area contributed by atoms with Crippen molar-refractivity contribution in [3.63, 3.8) is 0 Å². The van der Waals surface area contributed by atoms with Crippen molar-refractivity contribution in [2.45, 2.75) is 44.7 Å². The number of fused-ring (bicyclic) bond motifs is 1. The smallest absolute Gasteiger partial charge is 0.322 e. The molecule has 7 heteroatoms. The van der Waals surface area contributed by atoms with E-state index < -0.39 is 12.1 Å². The number of urea groups is 1. The van der Waals surface area contributed by atoms with E-state index in [-0.39, 0.29) is 24.7 Å². The molecule has 0 radical (unpaired) electrons. The number of carbonyl (C=O) groups excluding carboxylic acids is 3. The summed E-state index contributed by atoms with van der Waals surface area (Å²) in [5, 5.41) is 7.48. The quantitative estimate of drug-likeness (QED) is 0.672. The molecule has 1 aromatic carbocycles. The molecule has 3 N–H and O–H groups in total. The van der Waals surface area contributed by atoms with Gasteiger partial charge in [-0.3, -0.25) is 14.9 Å². The lowest BCUT2D eigenvalue weighted by molar-refractivity contribution is -0.122. The second-order valence-electron chi connectivity index (χ2n) is 6.12. The molecule has 1 unspecified atom stereocenters. The number of nitrogens with one attached hydrogen (secondary N) is 3. The van der Waals surface area contributed by atoms with Crippen LogP contribution in [-0.4, -0.2) is 31.0 Å². The van der Waals surface area contributed by atoms with E-state index in [9.17, 15) is 14.4 Å². The maximum absolute atomic E-state index is 12.0. The van der Waals surface area contributed by atoms with Crippen molar-refractivity contribution in [1.29, 1.82) is 0 Å². The predicted molar refractivity (Wildman–Crippen MR) is 86.6 cm³/mol. The van der Waals surface area contributed by atoms with Crippen LogP contribution in [0.3, 0.4) is 0 Å². The van der Waals surface area contributed by atoms with Crippen LogP contribution in [0.25, 0.3) is 0 Å². The normalized spacial score (nSPS) is 18.8. The molecule has 0 aromatic heterocycles. The lowest BCUT2D eigenvalue weighted by atomic mass is 10.0. The van der Waals surface area contributed by atoms with Crippen molar-refractivity contribution >= 4 is 17.8 Å². The minimum Gasteiger partial charge on any atom is -0.496 e. The van der Waals surface area contributed by atoms with Gasteiger partial charge in [-0.1, -0.05) is 6.07 Å². The summed E-state index contributed by atoms with van der Waals surface area (Å²) in [7, 11) is 1.63. The molecule has 1 aromatic rings. The highest BCUT2D eigenvalue weighted by Crippen LogP contribution is 2.29. The Bertz CT molecular complexity index is 687. The fraction of sp³-hybridized carbons (Fsp3) is 0.471. The molecule has 1 atom stereocenters. The van der Waals surface area contributed by atoms with Crippen molar-refractivity contribution in [2.75, 3.05) is 7.11 Å². The van der Waals surface area contributed by atoms with Crippen LogP contribution in [0.1, 0.15) is 36.0 Å². The molecule has 1 aliphatic carbocycles. The summed E-state index contributed by atoms with van der Waals surface area (Å²) in [5.41, 5.74) is 3.61. The molecule has 1 heterocycles. The number of carbonyl (C=O) groups is 3. The van der Waals surface area contributed by atoms with Gasteiger partial charge in [0.25, 0.3) is 5.91 Å². The lowest BCUT2D eigenvalue weighted by Gasteiger charge is -2.13. The largest absolute Gasteiger partial charge is 0.496 e. The van der Waals surface area contributed by atoms with E-state index in [4.69, 9.17) is 4.74 Å². The Hall–Kier alpha value is -2.57. The molecule has 7 nitrogen and oxygen atoms in total. The molecule has 3 rings (SSSR count). The number of benzene rings is 1. The van der Waals surface area contributed by atoms with Gasteiger partial charge >= 0.3 is 6.03 Å². The molecule has 128 valence electrons. The summed E-state index contributed by atoms with van der Waals surface area (Å²) in [6.07, 6.45) is 3.75. The third-order valence-electron chi connectivity index (χ3n) is 4.49. The highest BCUT2D eigenvalue weighted by atomic mass is 16.5. The van der Waals surface area contributed by atoms with Crippen LogP contribution in [-0.2, 0) is 29.0 Å². The van der Waals surface area contributed by atoms with Gasteiger partial charge in [0.1, 0.15) is 11.8 Å². The molecule has 24 heavy (non-hydrogen) atoms. The third kappa shape index (κ3) is 3.50. The summed E-state index contributed by atoms with van der Waals surface area (Å²) in [4.78, 5) is 34.4. The van der Waals surface area contributed by atoms with Gasteiger partial charge < -0.3 is 15.4 Å². The maximum atomic E-state index is 12.0. The summed E-state index contributed by atoms with van der Waals surface area (Å²) >= 11 is 0. The topological polar surface area (TPSA) is 96.5 Å². The number of aryl methyl sites for hydroxylation is 2. The highest BCUT2D eigenvalue weighted by Gasteiger charge is 2.29. The molecule has 0 spiro atoms. The second kappa shape index (κ2) is 6.90. The average molecular weight is 331 g/mol. The zero-order valence-corrected chi connectivity index (χ0v) is 13.6. The number of hydrogen-bond acceptors (Lipinski definition) is 4. The first-order valence-corrected chi connectivity index (χ1v) is 8.13. The van der Waals surface area contributed by atoms with Crippen molar-refractivity contribution < 1.29 is 19.1 Å². The fourth-order valence-electron chi connectivity index (χ4n) is 3.20. The Morgan fingerprint density at radius 3 is 2.71 bits per heavy atom. The first kappa shape index (κ1) is 16.3. The summed E-state index contributed by atoms with van der Waals surface area (Å²) < 4.78 is 5.42. The van der Waals surface area contributed by atoms with Crippen LogP contribution in [0.2, 0.25) is 0 Å². The maximum Gasteiger partial charge on any atom is 0.322 e. The van der Waals surface area contributed by atoms with Gasteiger partial charge in [0, 0.05) is 18.5 Å². The van der Waals surface area contributed by atoms with Gasteiger partial charge in [-0.05, 0) is 42.9 Å². The fourth-order valence-corrected chi connectivity index (χ4v) is 3.20. The van der Waals surface area contributed by atoms with Crippen LogP contribution in [0.5, 0.6) is 5.75 Å². The van der Waals surface area contributed by atoms with Crippen molar-refractivity contribution in [3.05, 3.63) is 28.8 Å². The molecular weight excluding hydrogens is 310 g/mol. The Labute approximate surface area is 140 Å².